The number of carbonyl (C=O) groups excluding carboxylic acids is 1. The quantitative estimate of drug-likeness (QED) is 0.647. The van der Waals surface area contributed by atoms with Crippen LogP contribution in [0.25, 0.3) is 11.1 Å². The molecule has 28 heavy (non-hydrogen) atoms. The van der Waals surface area contributed by atoms with Crippen molar-refractivity contribution in [1.82, 2.24) is 10.2 Å². The monoisotopic (exact) mass is 378 g/mol. The number of hydrogen-bond donors (Lipinski definition) is 1. The Labute approximate surface area is 164 Å². The van der Waals surface area contributed by atoms with E-state index in [9.17, 15) is 9.18 Å². The van der Waals surface area contributed by atoms with Crippen LogP contribution in [0, 0.1) is 5.82 Å². The minimum Gasteiger partial charge on any atom is -0.492 e. The molecule has 3 aromatic carbocycles. The normalized spacial score (nSPS) is 10.4. The van der Waals surface area contributed by atoms with Crippen LogP contribution in [0.4, 0.5) is 9.18 Å². The highest BCUT2D eigenvalue weighted by Crippen LogP contribution is 2.22. The molecule has 0 fully saturated rings. The summed E-state index contributed by atoms with van der Waals surface area (Å²) in [6.45, 7) is 1.16. The standard InChI is InChI=1S/C23H23FN2O2/c1-25-23(27)26(17-18-7-11-21(24)12-8-18)15-16-28-22-13-9-20(10-14-22)19-5-3-2-4-6-19/h2-14H,15-17H2,1H3,(H,25,27). The van der Waals surface area contributed by atoms with Crippen LogP contribution in [0.1, 0.15) is 5.56 Å². The van der Waals surface area contributed by atoms with E-state index < -0.39 is 0 Å². The van der Waals surface area contributed by atoms with Gasteiger partial charge >= 0.3 is 6.03 Å². The maximum absolute atomic E-state index is 13.1. The van der Waals surface area contributed by atoms with Crippen LogP contribution in [0.5, 0.6) is 5.75 Å². The Morgan fingerprint density at radius 1 is 0.929 bits per heavy atom. The first-order valence-corrected chi connectivity index (χ1v) is 9.15. The molecule has 0 radical (unpaired) electrons. The Kier molecular flexibility index (Phi) is 6.63. The molecule has 0 aromatic heterocycles. The highest BCUT2D eigenvalue weighted by Gasteiger charge is 2.12. The average molecular weight is 378 g/mol. The lowest BCUT2D eigenvalue weighted by atomic mass is 10.1. The zero-order valence-corrected chi connectivity index (χ0v) is 15.8. The molecule has 0 atom stereocenters. The highest BCUT2D eigenvalue weighted by molar-refractivity contribution is 5.73. The van der Waals surface area contributed by atoms with Gasteiger partial charge in [-0.3, -0.25) is 0 Å². The lowest BCUT2D eigenvalue weighted by Crippen LogP contribution is -2.40. The topological polar surface area (TPSA) is 41.6 Å². The molecule has 0 saturated carbocycles. The molecule has 0 aliphatic rings. The summed E-state index contributed by atoms with van der Waals surface area (Å²) < 4.78 is 18.9. The molecule has 0 unspecified atom stereocenters. The molecule has 2 amide bonds. The van der Waals surface area contributed by atoms with Gasteiger partial charge in [-0.05, 0) is 41.0 Å². The first kappa shape index (κ1) is 19.4. The molecule has 3 aromatic rings. The van der Waals surface area contributed by atoms with Crippen LogP contribution in [0.2, 0.25) is 0 Å². The van der Waals surface area contributed by atoms with Crippen LogP contribution in [0.15, 0.2) is 78.9 Å². The highest BCUT2D eigenvalue weighted by atomic mass is 19.1. The second-order valence-electron chi connectivity index (χ2n) is 6.34. The number of amides is 2. The molecular formula is C23H23FN2O2. The number of carbonyl (C=O) groups is 1. The molecular weight excluding hydrogens is 355 g/mol. The molecule has 5 heteroatoms. The van der Waals surface area contributed by atoms with E-state index in [0.717, 1.165) is 22.4 Å². The summed E-state index contributed by atoms with van der Waals surface area (Å²) in [4.78, 5) is 13.7. The molecule has 4 nitrogen and oxygen atoms in total. The first-order chi connectivity index (χ1) is 13.7. The molecule has 0 aliphatic heterocycles. The number of nitrogens with zero attached hydrogens (tertiary/aromatic N) is 1. The molecule has 0 heterocycles. The van der Waals surface area contributed by atoms with E-state index in [-0.39, 0.29) is 11.8 Å². The third-order valence-corrected chi connectivity index (χ3v) is 4.38. The number of ether oxygens (including phenoxy) is 1. The van der Waals surface area contributed by atoms with Gasteiger partial charge in [0.15, 0.2) is 0 Å². The van der Waals surface area contributed by atoms with Gasteiger partial charge in [0, 0.05) is 13.6 Å². The van der Waals surface area contributed by atoms with Gasteiger partial charge in [-0.15, -0.1) is 0 Å². The molecule has 0 aliphatic carbocycles. The fourth-order valence-corrected chi connectivity index (χ4v) is 2.87. The number of rotatable bonds is 7. The van der Waals surface area contributed by atoms with Crippen molar-refractivity contribution in [3.8, 4) is 16.9 Å². The van der Waals surface area contributed by atoms with E-state index in [1.165, 1.54) is 12.1 Å². The predicted molar refractivity (Wildman–Crippen MR) is 109 cm³/mol. The largest absolute Gasteiger partial charge is 0.492 e. The Morgan fingerprint density at radius 3 is 2.21 bits per heavy atom. The maximum Gasteiger partial charge on any atom is 0.317 e. The van der Waals surface area contributed by atoms with E-state index in [2.05, 4.69) is 17.4 Å². The number of halogens is 1. The number of nitrogens with one attached hydrogen (secondary N) is 1. The summed E-state index contributed by atoms with van der Waals surface area (Å²) in [7, 11) is 1.59. The predicted octanol–water partition coefficient (Wildman–Crippen LogP) is 4.71. The molecule has 0 bridgehead atoms. The second kappa shape index (κ2) is 9.55. The summed E-state index contributed by atoms with van der Waals surface area (Å²) in [6, 6.07) is 23.9. The number of benzene rings is 3. The van der Waals surface area contributed by atoms with Crippen molar-refractivity contribution < 1.29 is 13.9 Å². The molecule has 0 spiro atoms. The van der Waals surface area contributed by atoms with E-state index in [1.807, 2.05) is 42.5 Å². The first-order valence-electron chi connectivity index (χ1n) is 9.15. The van der Waals surface area contributed by atoms with Crippen molar-refractivity contribution in [3.63, 3.8) is 0 Å². The van der Waals surface area contributed by atoms with Crippen molar-refractivity contribution in [2.45, 2.75) is 6.54 Å². The summed E-state index contributed by atoms with van der Waals surface area (Å²) in [5.74, 6) is 0.454. The van der Waals surface area contributed by atoms with Crippen molar-refractivity contribution >= 4 is 6.03 Å². The maximum atomic E-state index is 13.1. The van der Waals surface area contributed by atoms with Gasteiger partial charge in [-0.1, -0.05) is 54.6 Å². The Morgan fingerprint density at radius 2 is 1.57 bits per heavy atom. The van der Waals surface area contributed by atoms with E-state index in [1.54, 1.807) is 24.1 Å². The third-order valence-electron chi connectivity index (χ3n) is 4.38. The van der Waals surface area contributed by atoms with Crippen molar-refractivity contribution in [2.75, 3.05) is 20.2 Å². The molecule has 0 saturated heterocycles. The molecule has 144 valence electrons. The lowest BCUT2D eigenvalue weighted by Gasteiger charge is -2.22. The van der Waals surface area contributed by atoms with Crippen LogP contribution in [-0.4, -0.2) is 31.1 Å². The van der Waals surface area contributed by atoms with E-state index in [4.69, 9.17) is 4.74 Å². The van der Waals surface area contributed by atoms with Crippen LogP contribution in [-0.2, 0) is 6.54 Å². The minimum atomic E-state index is -0.294. The summed E-state index contributed by atoms with van der Waals surface area (Å²) in [6.07, 6.45) is 0. The zero-order valence-electron chi connectivity index (χ0n) is 15.8. The van der Waals surface area contributed by atoms with E-state index in [0.29, 0.717) is 19.7 Å². The van der Waals surface area contributed by atoms with Gasteiger partial charge in [0.25, 0.3) is 0 Å². The van der Waals surface area contributed by atoms with Gasteiger partial charge in [0.1, 0.15) is 18.2 Å². The fourth-order valence-electron chi connectivity index (χ4n) is 2.87. The number of urea groups is 1. The summed E-state index contributed by atoms with van der Waals surface area (Å²) in [5, 5.41) is 2.63. The average Bonchev–Trinajstić information content (AvgIpc) is 2.75. The van der Waals surface area contributed by atoms with E-state index >= 15 is 0 Å². The van der Waals surface area contributed by atoms with Crippen LogP contribution < -0.4 is 10.1 Å². The van der Waals surface area contributed by atoms with Crippen molar-refractivity contribution in [3.05, 3.63) is 90.2 Å². The van der Waals surface area contributed by atoms with Gasteiger partial charge in [-0.2, -0.15) is 0 Å². The van der Waals surface area contributed by atoms with Gasteiger partial charge in [0.05, 0.1) is 6.54 Å². The smallest absolute Gasteiger partial charge is 0.317 e. The second-order valence-corrected chi connectivity index (χ2v) is 6.34. The fraction of sp³-hybridized carbons (Fsp3) is 0.174. The van der Waals surface area contributed by atoms with Crippen LogP contribution in [0.3, 0.4) is 0 Å². The van der Waals surface area contributed by atoms with Crippen molar-refractivity contribution in [1.29, 1.82) is 0 Å². The molecule has 3 rings (SSSR count). The van der Waals surface area contributed by atoms with Gasteiger partial charge in [0.2, 0.25) is 0 Å². The van der Waals surface area contributed by atoms with Crippen LogP contribution >= 0.6 is 0 Å². The van der Waals surface area contributed by atoms with Gasteiger partial charge < -0.3 is 15.0 Å². The lowest BCUT2D eigenvalue weighted by molar-refractivity contribution is 0.181. The summed E-state index contributed by atoms with van der Waals surface area (Å²) in [5.41, 5.74) is 3.13. The number of hydrogen-bond acceptors (Lipinski definition) is 2. The molecule has 1 N–H and O–H groups in total. The Bertz CT molecular complexity index is 881. The Hall–Kier alpha value is -3.34. The summed E-state index contributed by atoms with van der Waals surface area (Å²) >= 11 is 0. The Balaban J connectivity index is 1.56. The third kappa shape index (κ3) is 5.33. The SMILES string of the molecule is CNC(=O)N(CCOc1ccc(-c2ccccc2)cc1)Cc1ccc(F)cc1. The zero-order chi connectivity index (χ0) is 19.8. The minimum absolute atomic E-state index is 0.202. The van der Waals surface area contributed by atoms with Gasteiger partial charge in [-0.25, -0.2) is 9.18 Å². The van der Waals surface area contributed by atoms with Crippen molar-refractivity contribution in [2.24, 2.45) is 0 Å².